The molecule has 21 heavy (non-hydrogen) atoms. The highest BCUT2D eigenvalue weighted by Gasteiger charge is 2.16. The molecule has 118 valence electrons. The lowest BCUT2D eigenvalue weighted by Gasteiger charge is -2.24. The molecule has 0 bridgehead atoms. The van der Waals surface area contributed by atoms with Crippen LogP contribution in [0.5, 0.6) is 0 Å². The quantitative estimate of drug-likeness (QED) is 0.847. The summed E-state index contributed by atoms with van der Waals surface area (Å²) >= 11 is 6.52. The fraction of sp³-hybridized carbons (Fsp3) is 0.667. The third kappa shape index (κ3) is 5.19. The Morgan fingerprint density at radius 3 is 2.81 bits per heavy atom. The smallest absolute Gasteiger partial charge is 0.0642 e. The summed E-state index contributed by atoms with van der Waals surface area (Å²) in [6.07, 6.45) is 3.88. The van der Waals surface area contributed by atoms with E-state index in [1.807, 2.05) is 0 Å². The van der Waals surface area contributed by atoms with Crippen LogP contribution in [0.4, 0.5) is 5.69 Å². The Balaban J connectivity index is 1.98. The lowest BCUT2D eigenvalue weighted by atomic mass is 10.0. The summed E-state index contributed by atoms with van der Waals surface area (Å²) in [5, 5.41) is 4.37. The average molecular weight is 309 g/mol. The van der Waals surface area contributed by atoms with E-state index in [4.69, 9.17) is 11.6 Å². The Labute approximate surface area is 134 Å². The Morgan fingerprint density at radius 2 is 2.10 bits per heavy atom. The van der Waals surface area contributed by atoms with Gasteiger partial charge in [0.15, 0.2) is 0 Å². The molecule has 1 heterocycles. The van der Waals surface area contributed by atoms with Gasteiger partial charge in [-0.2, -0.15) is 0 Å². The second-order valence-corrected chi connectivity index (χ2v) is 7.24. The van der Waals surface area contributed by atoms with Gasteiger partial charge in [0.25, 0.3) is 0 Å². The van der Waals surface area contributed by atoms with Gasteiger partial charge in [-0.3, -0.25) is 0 Å². The standard InChI is InChI=1S/C18H29ClN2/c1-14(2)12-20-13-16-6-7-18(17(19)11-16)21-9-4-5-15(3)8-10-21/h6-7,11,14-15,20H,4-5,8-10,12-13H2,1-3H3. The summed E-state index contributed by atoms with van der Waals surface area (Å²) in [6.45, 7) is 11.0. The average Bonchev–Trinajstić information content (AvgIpc) is 2.63. The van der Waals surface area contributed by atoms with Crippen LogP contribution in [-0.2, 0) is 6.54 Å². The van der Waals surface area contributed by atoms with Gasteiger partial charge in [-0.25, -0.2) is 0 Å². The van der Waals surface area contributed by atoms with E-state index in [9.17, 15) is 0 Å². The minimum absolute atomic E-state index is 0.679. The predicted molar refractivity (Wildman–Crippen MR) is 93.2 cm³/mol. The minimum Gasteiger partial charge on any atom is -0.370 e. The zero-order valence-electron chi connectivity index (χ0n) is 13.7. The second-order valence-electron chi connectivity index (χ2n) is 6.83. The van der Waals surface area contributed by atoms with E-state index in [1.165, 1.54) is 30.5 Å². The zero-order valence-corrected chi connectivity index (χ0v) is 14.4. The first kappa shape index (κ1) is 16.6. The summed E-state index contributed by atoms with van der Waals surface area (Å²) < 4.78 is 0. The molecule has 1 unspecified atom stereocenters. The molecule has 0 saturated carbocycles. The highest BCUT2D eigenvalue weighted by atomic mass is 35.5. The van der Waals surface area contributed by atoms with Crippen LogP contribution < -0.4 is 10.2 Å². The van der Waals surface area contributed by atoms with Gasteiger partial charge in [0.2, 0.25) is 0 Å². The molecule has 2 nitrogen and oxygen atoms in total. The van der Waals surface area contributed by atoms with Gasteiger partial charge in [0.1, 0.15) is 0 Å². The van der Waals surface area contributed by atoms with Gasteiger partial charge in [0, 0.05) is 19.6 Å². The molecule has 2 rings (SSSR count). The maximum atomic E-state index is 6.52. The van der Waals surface area contributed by atoms with Crippen molar-refractivity contribution in [2.75, 3.05) is 24.5 Å². The normalized spacial score (nSPS) is 19.9. The second kappa shape index (κ2) is 8.05. The van der Waals surface area contributed by atoms with Crippen LogP contribution in [0.2, 0.25) is 5.02 Å². The predicted octanol–water partition coefficient (Wildman–Crippen LogP) is 4.71. The molecule has 1 atom stereocenters. The minimum atomic E-state index is 0.679. The highest BCUT2D eigenvalue weighted by Crippen LogP contribution is 2.29. The molecule has 0 spiro atoms. The Kier molecular flexibility index (Phi) is 6.38. The Morgan fingerprint density at radius 1 is 1.29 bits per heavy atom. The van der Waals surface area contributed by atoms with Gasteiger partial charge in [-0.15, -0.1) is 0 Å². The summed E-state index contributed by atoms with van der Waals surface area (Å²) in [4.78, 5) is 2.46. The fourth-order valence-electron chi connectivity index (χ4n) is 2.93. The van der Waals surface area contributed by atoms with Crippen molar-refractivity contribution in [2.24, 2.45) is 11.8 Å². The van der Waals surface area contributed by atoms with Crippen molar-refractivity contribution in [3.63, 3.8) is 0 Å². The number of nitrogens with one attached hydrogen (secondary N) is 1. The molecule has 1 aromatic carbocycles. The molecular weight excluding hydrogens is 280 g/mol. The van der Waals surface area contributed by atoms with Crippen LogP contribution >= 0.6 is 11.6 Å². The number of rotatable bonds is 5. The lowest BCUT2D eigenvalue weighted by molar-refractivity contribution is 0.521. The number of hydrogen-bond donors (Lipinski definition) is 1. The molecule has 1 N–H and O–H groups in total. The van der Waals surface area contributed by atoms with E-state index >= 15 is 0 Å². The molecule has 1 aliphatic heterocycles. The van der Waals surface area contributed by atoms with Crippen LogP contribution in [0, 0.1) is 11.8 Å². The zero-order chi connectivity index (χ0) is 15.2. The van der Waals surface area contributed by atoms with E-state index in [2.05, 4.69) is 49.2 Å². The van der Waals surface area contributed by atoms with E-state index in [0.29, 0.717) is 5.92 Å². The molecule has 1 aromatic rings. The van der Waals surface area contributed by atoms with Crippen molar-refractivity contribution >= 4 is 17.3 Å². The molecule has 1 aliphatic rings. The topological polar surface area (TPSA) is 15.3 Å². The van der Waals surface area contributed by atoms with Gasteiger partial charge < -0.3 is 10.2 Å². The molecule has 0 aliphatic carbocycles. The van der Waals surface area contributed by atoms with E-state index < -0.39 is 0 Å². The number of benzene rings is 1. The molecule has 3 heteroatoms. The van der Waals surface area contributed by atoms with Crippen molar-refractivity contribution in [1.29, 1.82) is 0 Å². The first-order valence-corrected chi connectivity index (χ1v) is 8.68. The highest BCUT2D eigenvalue weighted by molar-refractivity contribution is 6.33. The number of nitrogens with zero attached hydrogens (tertiary/aromatic N) is 1. The third-order valence-electron chi connectivity index (χ3n) is 4.25. The monoisotopic (exact) mass is 308 g/mol. The fourth-order valence-corrected chi connectivity index (χ4v) is 3.25. The van der Waals surface area contributed by atoms with Crippen LogP contribution in [-0.4, -0.2) is 19.6 Å². The molecule has 0 radical (unpaired) electrons. The summed E-state index contributed by atoms with van der Waals surface area (Å²) in [5.41, 5.74) is 2.48. The molecule has 1 saturated heterocycles. The van der Waals surface area contributed by atoms with Crippen molar-refractivity contribution in [3.05, 3.63) is 28.8 Å². The van der Waals surface area contributed by atoms with Crippen molar-refractivity contribution < 1.29 is 0 Å². The summed E-state index contributed by atoms with van der Waals surface area (Å²) in [5.74, 6) is 1.52. The third-order valence-corrected chi connectivity index (χ3v) is 4.55. The van der Waals surface area contributed by atoms with E-state index in [1.54, 1.807) is 0 Å². The van der Waals surface area contributed by atoms with Gasteiger partial charge in [-0.05, 0) is 55.3 Å². The lowest BCUT2D eigenvalue weighted by Crippen LogP contribution is -2.24. The first-order chi connectivity index (χ1) is 10.1. The molecular formula is C18H29ClN2. The van der Waals surface area contributed by atoms with Crippen LogP contribution in [0.25, 0.3) is 0 Å². The van der Waals surface area contributed by atoms with E-state index in [0.717, 1.165) is 37.1 Å². The number of halogens is 1. The first-order valence-electron chi connectivity index (χ1n) is 8.30. The van der Waals surface area contributed by atoms with Crippen molar-refractivity contribution in [3.8, 4) is 0 Å². The Bertz CT molecular complexity index is 445. The van der Waals surface area contributed by atoms with Crippen molar-refractivity contribution in [2.45, 2.75) is 46.6 Å². The SMILES string of the molecule is CC(C)CNCc1ccc(N2CCCC(C)CC2)c(Cl)c1. The molecule has 0 aromatic heterocycles. The maximum absolute atomic E-state index is 6.52. The number of hydrogen-bond acceptors (Lipinski definition) is 2. The summed E-state index contributed by atoms with van der Waals surface area (Å²) in [7, 11) is 0. The largest absolute Gasteiger partial charge is 0.370 e. The molecule has 0 amide bonds. The Hall–Kier alpha value is -0.730. The molecule has 1 fully saturated rings. The van der Waals surface area contributed by atoms with Gasteiger partial charge in [0.05, 0.1) is 10.7 Å². The van der Waals surface area contributed by atoms with Crippen molar-refractivity contribution in [1.82, 2.24) is 5.32 Å². The van der Waals surface area contributed by atoms with Gasteiger partial charge in [-0.1, -0.05) is 38.4 Å². The van der Waals surface area contributed by atoms with Crippen LogP contribution in [0.15, 0.2) is 18.2 Å². The maximum Gasteiger partial charge on any atom is 0.0642 e. The van der Waals surface area contributed by atoms with E-state index in [-0.39, 0.29) is 0 Å². The van der Waals surface area contributed by atoms with Crippen LogP contribution in [0.1, 0.15) is 45.6 Å². The van der Waals surface area contributed by atoms with Crippen LogP contribution in [0.3, 0.4) is 0 Å². The summed E-state index contributed by atoms with van der Waals surface area (Å²) in [6, 6.07) is 6.53. The van der Waals surface area contributed by atoms with Gasteiger partial charge >= 0.3 is 0 Å². The number of anilines is 1.